The van der Waals surface area contributed by atoms with E-state index in [0.717, 1.165) is 25.9 Å². The number of nitriles is 1. The fourth-order valence-corrected chi connectivity index (χ4v) is 2.51. The molecule has 1 unspecified atom stereocenters. The fraction of sp³-hybridized carbons (Fsp3) is 0.778. The van der Waals surface area contributed by atoms with Gasteiger partial charge in [-0.2, -0.15) is 5.26 Å². The topological polar surface area (TPSA) is 70.1 Å². The van der Waals surface area contributed by atoms with Crippen LogP contribution in [0.1, 0.15) is 12.8 Å². The molecule has 1 aliphatic heterocycles. The molecule has 2 N–H and O–H groups in total. The van der Waals surface area contributed by atoms with Gasteiger partial charge in [-0.3, -0.25) is 4.79 Å². The number of thioether (sulfide) groups is 1. The van der Waals surface area contributed by atoms with Crippen LogP contribution >= 0.6 is 11.8 Å². The highest BCUT2D eigenvalue weighted by Gasteiger charge is 2.22. The number of hydrogen-bond donors (Lipinski definition) is 1. The van der Waals surface area contributed by atoms with Crippen LogP contribution in [0.5, 0.6) is 0 Å². The van der Waals surface area contributed by atoms with E-state index in [0.29, 0.717) is 11.0 Å². The lowest BCUT2D eigenvalue weighted by Gasteiger charge is -2.31. The number of carbonyl (C=O) groups excluding carboxylic acids is 1. The summed E-state index contributed by atoms with van der Waals surface area (Å²) < 4.78 is 0. The number of nitrogens with two attached hydrogens (primary N) is 1. The Balaban J connectivity index is 2.36. The molecule has 4 nitrogen and oxygen atoms in total. The summed E-state index contributed by atoms with van der Waals surface area (Å²) in [5.74, 6) is 0.530. The fourth-order valence-electron chi connectivity index (χ4n) is 1.58. The third-order valence-corrected chi connectivity index (χ3v) is 3.44. The third-order valence-electron chi connectivity index (χ3n) is 2.29. The van der Waals surface area contributed by atoms with E-state index in [2.05, 4.69) is 6.07 Å². The molecule has 78 valence electrons. The van der Waals surface area contributed by atoms with Gasteiger partial charge in [0.25, 0.3) is 0 Å². The van der Waals surface area contributed by atoms with Crippen molar-refractivity contribution in [2.45, 2.75) is 18.1 Å². The number of likely N-dealkylation sites (tertiary alicyclic amines) is 1. The van der Waals surface area contributed by atoms with E-state index in [4.69, 9.17) is 11.0 Å². The first kappa shape index (κ1) is 11.3. The smallest absolute Gasteiger partial charge is 0.236 e. The summed E-state index contributed by atoms with van der Waals surface area (Å²) in [6.07, 6.45) is 2.12. The number of carbonyl (C=O) groups is 1. The Morgan fingerprint density at radius 1 is 1.71 bits per heavy atom. The van der Waals surface area contributed by atoms with Crippen LogP contribution in [0.15, 0.2) is 0 Å². The molecular formula is C9H15N3OS. The lowest BCUT2D eigenvalue weighted by molar-refractivity contribution is -0.130. The molecule has 1 saturated heterocycles. The van der Waals surface area contributed by atoms with Gasteiger partial charge in [-0.15, -0.1) is 11.8 Å². The molecule has 0 aliphatic carbocycles. The summed E-state index contributed by atoms with van der Waals surface area (Å²) in [5, 5.41) is 8.86. The van der Waals surface area contributed by atoms with Crippen LogP contribution in [-0.4, -0.2) is 41.4 Å². The van der Waals surface area contributed by atoms with Gasteiger partial charge in [0.2, 0.25) is 5.91 Å². The monoisotopic (exact) mass is 213 g/mol. The van der Waals surface area contributed by atoms with E-state index < -0.39 is 0 Å². The van der Waals surface area contributed by atoms with Crippen LogP contribution in [0.2, 0.25) is 0 Å². The Morgan fingerprint density at radius 3 is 3.14 bits per heavy atom. The molecule has 1 amide bonds. The van der Waals surface area contributed by atoms with Crippen molar-refractivity contribution in [1.29, 1.82) is 5.26 Å². The summed E-state index contributed by atoms with van der Waals surface area (Å²) in [6, 6.07) is 2.11. The molecule has 1 rings (SSSR count). The minimum absolute atomic E-state index is 0.0206. The molecule has 0 aromatic carbocycles. The second-order valence-electron chi connectivity index (χ2n) is 3.28. The first-order valence-electron chi connectivity index (χ1n) is 4.74. The second-order valence-corrected chi connectivity index (χ2v) is 4.57. The van der Waals surface area contributed by atoms with Gasteiger partial charge < -0.3 is 10.6 Å². The number of rotatable bonds is 3. The predicted octanol–water partition coefficient (Wildman–Crippen LogP) is 0.193. The molecule has 1 atom stereocenters. The molecule has 0 aromatic rings. The highest BCUT2D eigenvalue weighted by molar-refractivity contribution is 8.00. The van der Waals surface area contributed by atoms with Gasteiger partial charge in [-0.05, 0) is 12.8 Å². The number of hydrogen-bond acceptors (Lipinski definition) is 4. The largest absolute Gasteiger partial charge is 0.340 e. The van der Waals surface area contributed by atoms with Gasteiger partial charge >= 0.3 is 0 Å². The summed E-state index contributed by atoms with van der Waals surface area (Å²) >= 11 is 1.63. The highest BCUT2D eigenvalue weighted by Crippen LogP contribution is 2.21. The van der Waals surface area contributed by atoms with E-state index in [-0.39, 0.29) is 12.5 Å². The van der Waals surface area contributed by atoms with Gasteiger partial charge in [0, 0.05) is 18.3 Å². The van der Waals surface area contributed by atoms with Gasteiger partial charge in [-0.1, -0.05) is 0 Å². The molecular weight excluding hydrogens is 198 g/mol. The quantitative estimate of drug-likeness (QED) is 0.726. The van der Waals surface area contributed by atoms with E-state index in [1.165, 1.54) is 0 Å². The SMILES string of the molecule is N#CCSC1CCCN(C(=O)CN)C1. The van der Waals surface area contributed by atoms with E-state index in [1.807, 2.05) is 0 Å². The average Bonchev–Trinajstić information content (AvgIpc) is 2.25. The maximum absolute atomic E-state index is 11.3. The predicted molar refractivity (Wildman–Crippen MR) is 56.7 cm³/mol. The Morgan fingerprint density at radius 2 is 2.50 bits per heavy atom. The van der Waals surface area contributed by atoms with Crippen LogP contribution < -0.4 is 5.73 Å². The third kappa shape index (κ3) is 3.20. The molecule has 5 heteroatoms. The standard InChI is InChI=1S/C9H15N3OS/c10-3-5-14-8-2-1-4-12(7-8)9(13)6-11/h8H,1-2,4-7,11H2. The molecule has 1 fully saturated rings. The molecule has 14 heavy (non-hydrogen) atoms. The van der Waals surface area contributed by atoms with Crippen molar-refractivity contribution in [1.82, 2.24) is 4.90 Å². The van der Waals surface area contributed by atoms with Crippen LogP contribution in [0.25, 0.3) is 0 Å². The number of nitrogens with zero attached hydrogens (tertiary/aromatic N) is 2. The summed E-state index contributed by atoms with van der Waals surface area (Å²) in [5.41, 5.74) is 5.30. The van der Waals surface area contributed by atoms with Crippen molar-refractivity contribution < 1.29 is 4.79 Å². The minimum Gasteiger partial charge on any atom is -0.340 e. The maximum atomic E-state index is 11.3. The Labute approximate surface area is 88.4 Å². The van der Waals surface area contributed by atoms with Crippen LogP contribution in [-0.2, 0) is 4.79 Å². The lowest BCUT2D eigenvalue weighted by atomic mass is 10.1. The Kier molecular flexibility index (Phi) is 4.77. The van der Waals surface area contributed by atoms with E-state index >= 15 is 0 Å². The normalized spacial score (nSPS) is 21.7. The van der Waals surface area contributed by atoms with Crippen LogP contribution in [0, 0.1) is 11.3 Å². The molecule has 0 radical (unpaired) electrons. The second kappa shape index (κ2) is 5.89. The van der Waals surface area contributed by atoms with Crippen LogP contribution in [0.4, 0.5) is 0 Å². The number of amides is 1. The van der Waals surface area contributed by atoms with Crippen molar-refractivity contribution in [2.24, 2.45) is 5.73 Å². The van der Waals surface area contributed by atoms with Crippen molar-refractivity contribution >= 4 is 17.7 Å². The molecule has 0 spiro atoms. The van der Waals surface area contributed by atoms with Crippen molar-refractivity contribution in [3.05, 3.63) is 0 Å². The zero-order chi connectivity index (χ0) is 10.4. The molecule has 0 aromatic heterocycles. The highest BCUT2D eigenvalue weighted by atomic mass is 32.2. The Hall–Kier alpha value is -0.730. The van der Waals surface area contributed by atoms with E-state index in [1.54, 1.807) is 16.7 Å². The molecule has 0 saturated carbocycles. The lowest BCUT2D eigenvalue weighted by Crippen LogP contribution is -2.43. The maximum Gasteiger partial charge on any atom is 0.236 e. The van der Waals surface area contributed by atoms with E-state index in [9.17, 15) is 4.79 Å². The first-order valence-corrected chi connectivity index (χ1v) is 5.79. The summed E-state index contributed by atoms with van der Waals surface area (Å²) in [4.78, 5) is 13.1. The number of piperidine rings is 1. The van der Waals surface area contributed by atoms with Crippen molar-refractivity contribution in [3.63, 3.8) is 0 Å². The summed E-state index contributed by atoms with van der Waals surface area (Å²) in [7, 11) is 0. The molecule has 0 bridgehead atoms. The Bertz CT molecular complexity index is 239. The van der Waals surface area contributed by atoms with Gasteiger partial charge in [0.1, 0.15) is 0 Å². The minimum atomic E-state index is 0.0206. The zero-order valence-electron chi connectivity index (χ0n) is 8.11. The van der Waals surface area contributed by atoms with Gasteiger partial charge in [0.15, 0.2) is 0 Å². The first-order chi connectivity index (χ1) is 6.77. The van der Waals surface area contributed by atoms with Gasteiger partial charge in [0.05, 0.1) is 18.4 Å². The van der Waals surface area contributed by atoms with Crippen molar-refractivity contribution in [3.8, 4) is 6.07 Å². The van der Waals surface area contributed by atoms with Crippen molar-refractivity contribution in [2.75, 3.05) is 25.4 Å². The molecule has 1 heterocycles. The zero-order valence-corrected chi connectivity index (χ0v) is 8.92. The van der Waals surface area contributed by atoms with Crippen LogP contribution in [0.3, 0.4) is 0 Å². The van der Waals surface area contributed by atoms with Gasteiger partial charge in [-0.25, -0.2) is 0 Å². The summed E-state index contributed by atoms with van der Waals surface area (Å²) in [6.45, 7) is 1.66. The average molecular weight is 213 g/mol. The molecule has 1 aliphatic rings.